The highest BCUT2D eigenvalue weighted by Gasteiger charge is 2.25. The Morgan fingerprint density at radius 1 is 1.00 bits per heavy atom. The Kier molecular flexibility index (Phi) is 4.41. The first kappa shape index (κ1) is 17.3. The third-order valence-electron chi connectivity index (χ3n) is 4.31. The fourth-order valence-electron chi connectivity index (χ4n) is 2.93. The summed E-state index contributed by atoms with van der Waals surface area (Å²) in [5, 5.41) is 2.83. The van der Waals surface area contributed by atoms with Gasteiger partial charge in [0.1, 0.15) is 5.75 Å². The topological polar surface area (TPSA) is 58.6 Å². The number of carbonyl (C=O) groups excluding carboxylic acids is 2. The highest BCUT2D eigenvalue weighted by molar-refractivity contribution is 9.10. The molecule has 0 saturated carbocycles. The lowest BCUT2D eigenvalue weighted by Crippen LogP contribution is -2.25. The second-order valence-electron chi connectivity index (χ2n) is 6.11. The number of benzene rings is 3. The highest BCUT2D eigenvalue weighted by Crippen LogP contribution is 2.38. The Hall–Kier alpha value is -3.12. The van der Waals surface area contributed by atoms with Crippen molar-refractivity contribution in [1.29, 1.82) is 0 Å². The van der Waals surface area contributed by atoms with Crippen LogP contribution in [0.4, 0.5) is 11.4 Å². The van der Waals surface area contributed by atoms with E-state index in [1.165, 1.54) is 0 Å². The Morgan fingerprint density at radius 3 is 2.63 bits per heavy atom. The molecule has 3 aromatic carbocycles. The maximum Gasteiger partial charge on any atom is 0.261 e. The minimum atomic E-state index is -0.255. The summed E-state index contributed by atoms with van der Waals surface area (Å²) in [6, 6.07) is 19.5. The van der Waals surface area contributed by atoms with Crippen LogP contribution in [0.5, 0.6) is 11.5 Å². The number of nitrogens with zero attached hydrogens (tertiary/aromatic N) is 1. The average Bonchev–Trinajstić information content (AvgIpc) is 2.78. The lowest BCUT2D eigenvalue weighted by molar-refractivity contribution is 0.0990. The minimum Gasteiger partial charge on any atom is -0.454 e. The van der Waals surface area contributed by atoms with Crippen molar-refractivity contribution in [2.75, 3.05) is 17.3 Å². The molecule has 0 radical (unpaired) electrons. The quantitative estimate of drug-likeness (QED) is 0.625. The van der Waals surface area contributed by atoms with E-state index >= 15 is 0 Å². The van der Waals surface area contributed by atoms with Crippen LogP contribution in [0.1, 0.15) is 20.7 Å². The summed E-state index contributed by atoms with van der Waals surface area (Å²) in [6.45, 7) is 0. The molecule has 1 heterocycles. The first-order valence-corrected chi connectivity index (χ1v) is 9.08. The highest BCUT2D eigenvalue weighted by atomic mass is 79.9. The molecule has 6 heteroatoms. The number of halogens is 1. The summed E-state index contributed by atoms with van der Waals surface area (Å²) in [7, 11) is 1.70. The first-order chi connectivity index (χ1) is 13.0. The average molecular weight is 423 g/mol. The molecule has 1 aliphatic heterocycles. The Bertz CT molecular complexity index is 1060. The van der Waals surface area contributed by atoms with E-state index in [0.717, 1.165) is 4.47 Å². The van der Waals surface area contributed by atoms with Crippen molar-refractivity contribution in [3.05, 3.63) is 82.3 Å². The number of fused-ring (bicyclic) bond motifs is 2. The molecule has 0 bridgehead atoms. The number of hydrogen-bond donors (Lipinski definition) is 1. The van der Waals surface area contributed by atoms with Crippen molar-refractivity contribution in [1.82, 2.24) is 0 Å². The van der Waals surface area contributed by atoms with E-state index in [4.69, 9.17) is 4.74 Å². The van der Waals surface area contributed by atoms with Gasteiger partial charge in [-0.15, -0.1) is 0 Å². The van der Waals surface area contributed by atoms with Gasteiger partial charge in [0.05, 0.1) is 11.3 Å². The number of anilines is 2. The normalized spacial score (nSPS) is 12.5. The number of amides is 2. The van der Waals surface area contributed by atoms with E-state index in [1.54, 1.807) is 48.3 Å². The van der Waals surface area contributed by atoms with E-state index in [1.807, 2.05) is 30.3 Å². The molecule has 0 spiro atoms. The smallest absolute Gasteiger partial charge is 0.261 e. The lowest BCUT2D eigenvalue weighted by atomic mass is 10.1. The lowest BCUT2D eigenvalue weighted by Gasteiger charge is -2.16. The molecule has 0 atom stereocenters. The third-order valence-corrected chi connectivity index (χ3v) is 4.80. The monoisotopic (exact) mass is 422 g/mol. The van der Waals surface area contributed by atoms with E-state index in [0.29, 0.717) is 34.0 Å². The molecule has 27 heavy (non-hydrogen) atoms. The molecule has 0 saturated heterocycles. The van der Waals surface area contributed by atoms with Crippen LogP contribution < -0.4 is 15.0 Å². The molecule has 5 nitrogen and oxygen atoms in total. The minimum absolute atomic E-state index is 0.200. The van der Waals surface area contributed by atoms with Gasteiger partial charge in [0, 0.05) is 22.8 Å². The zero-order valence-electron chi connectivity index (χ0n) is 14.4. The van der Waals surface area contributed by atoms with E-state index in [2.05, 4.69) is 21.2 Å². The van der Waals surface area contributed by atoms with Gasteiger partial charge in [-0.3, -0.25) is 9.59 Å². The number of hydrogen-bond acceptors (Lipinski definition) is 3. The van der Waals surface area contributed by atoms with Crippen LogP contribution in [0.3, 0.4) is 0 Å². The Labute approximate surface area is 164 Å². The van der Waals surface area contributed by atoms with Gasteiger partial charge in [-0.1, -0.05) is 34.1 Å². The van der Waals surface area contributed by atoms with E-state index in [9.17, 15) is 9.59 Å². The molecule has 4 rings (SSSR count). The number of nitrogens with one attached hydrogen (secondary N) is 1. The summed E-state index contributed by atoms with van der Waals surface area (Å²) in [5.41, 5.74) is 2.13. The van der Waals surface area contributed by atoms with Gasteiger partial charge in [-0.05, 0) is 48.5 Å². The number of ether oxygens (including phenoxy) is 1. The van der Waals surface area contributed by atoms with Crippen LogP contribution in [-0.2, 0) is 0 Å². The Balaban J connectivity index is 1.66. The van der Waals surface area contributed by atoms with Gasteiger partial charge >= 0.3 is 0 Å². The van der Waals surface area contributed by atoms with Crippen LogP contribution in [-0.4, -0.2) is 18.9 Å². The van der Waals surface area contributed by atoms with Gasteiger partial charge in [0.2, 0.25) is 0 Å². The summed E-state index contributed by atoms with van der Waals surface area (Å²) >= 11 is 3.36. The SMILES string of the molecule is CN1C(=O)c2cc(NC(=O)c3cccc(Br)c3)ccc2Oc2ccccc21. The van der Waals surface area contributed by atoms with Gasteiger partial charge in [0.25, 0.3) is 11.8 Å². The molecular formula is C21H15BrN2O3. The Morgan fingerprint density at radius 2 is 1.81 bits per heavy atom. The van der Waals surface area contributed by atoms with Crippen molar-refractivity contribution in [3.8, 4) is 11.5 Å². The fourth-order valence-corrected chi connectivity index (χ4v) is 3.33. The molecule has 0 unspecified atom stereocenters. The van der Waals surface area contributed by atoms with Crippen molar-refractivity contribution >= 4 is 39.1 Å². The molecule has 0 aromatic heterocycles. The zero-order valence-corrected chi connectivity index (χ0v) is 16.0. The van der Waals surface area contributed by atoms with Gasteiger partial charge in [-0.25, -0.2) is 0 Å². The van der Waals surface area contributed by atoms with Crippen LogP contribution in [0.15, 0.2) is 71.2 Å². The summed E-state index contributed by atoms with van der Waals surface area (Å²) < 4.78 is 6.74. The van der Waals surface area contributed by atoms with Crippen LogP contribution in [0, 0.1) is 0 Å². The van der Waals surface area contributed by atoms with Gasteiger partial charge < -0.3 is 15.0 Å². The molecule has 3 aromatic rings. The third kappa shape index (κ3) is 3.31. The van der Waals surface area contributed by atoms with Gasteiger partial charge in [-0.2, -0.15) is 0 Å². The standard InChI is InChI=1S/C21H15BrN2O3/c1-24-17-7-2-3-8-19(17)27-18-10-9-15(12-16(18)21(24)26)23-20(25)13-5-4-6-14(22)11-13/h2-12H,1H3,(H,23,25). The number of para-hydroxylation sites is 2. The predicted molar refractivity (Wildman–Crippen MR) is 108 cm³/mol. The summed E-state index contributed by atoms with van der Waals surface area (Å²) in [4.78, 5) is 26.9. The zero-order chi connectivity index (χ0) is 19.0. The fraction of sp³-hybridized carbons (Fsp3) is 0.0476. The second kappa shape index (κ2) is 6.89. The molecular weight excluding hydrogens is 408 g/mol. The van der Waals surface area contributed by atoms with E-state index < -0.39 is 0 Å². The maximum absolute atomic E-state index is 12.9. The summed E-state index contributed by atoms with van der Waals surface area (Å²) in [6.07, 6.45) is 0. The van der Waals surface area contributed by atoms with Crippen LogP contribution in [0.25, 0.3) is 0 Å². The largest absolute Gasteiger partial charge is 0.454 e. The van der Waals surface area contributed by atoms with E-state index in [-0.39, 0.29) is 11.8 Å². The molecule has 134 valence electrons. The van der Waals surface area contributed by atoms with Crippen LogP contribution in [0.2, 0.25) is 0 Å². The first-order valence-electron chi connectivity index (χ1n) is 8.29. The number of rotatable bonds is 2. The van der Waals surface area contributed by atoms with Gasteiger partial charge in [0.15, 0.2) is 5.75 Å². The van der Waals surface area contributed by atoms with Crippen molar-refractivity contribution in [2.45, 2.75) is 0 Å². The van der Waals surface area contributed by atoms with Crippen LogP contribution >= 0.6 is 15.9 Å². The van der Waals surface area contributed by atoms with Crippen molar-refractivity contribution in [2.24, 2.45) is 0 Å². The summed E-state index contributed by atoms with van der Waals surface area (Å²) in [5.74, 6) is 0.610. The maximum atomic E-state index is 12.9. The molecule has 2 amide bonds. The predicted octanol–water partition coefficient (Wildman–Crippen LogP) is 5.08. The number of carbonyl (C=O) groups is 2. The molecule has 1 N–H and O–H groups in total. The molecule has 1 aliphatic rings. The molecule has 0 fully saturated rings. The van der Waals surface area contributed by atoms with Crippen molar-refractivity contribution < 1.29 is 14.3 Å². The second-order valence-corrected chi connectivity index (χ2v) is 7.03. The van der Waals surface area contributed by atoms with Crippen molar-refractivity contribution in [3.63, 3.8) is 0 Å². The molecule has 0 aliphatic carbocycles.